The molecule has 1 aliphatic heterocycles. The van der Waals surface area contributed by atoms with E-state index in [1.807, 2.05) is 6.07 Å². The van der Waals surface area contributed by atoms with Gasteiger partial charge in [-0.05, 0) is 30.5 Å². The lowest BCUT2D eigenvalue weighted by molar-refractivity contribution is 0.112. The van der Waals surface area contributed by atoms with Crippen LogP contribution >= 0.6 is 0 Å². The van der Waals surface area contributed by atoms with Gasteiger partial charge in [-0.2, -0.15) is 4.98 Å². The number of hydrogen-bond donors (Lipinski definition) is 0. The third-order valence-corrected chi connectivity index (χ3v) is 4.87. The Hall–Kier alpha value is -1.99. The number of aromatic nitrogens is 2. The van der Waals surface area contributed by atoms with Crippen molar-refractivity contribution in [3.05, 3.63) is 41.3 Å². The summed E-state index contributed by atoms with van der Waals surface area (Å²) in [4.78, 5) is 9.16. The van der Waals surface area contributed by atoms with Crippen LogP contribution in [-0.2, 0) is 13.1 Å². The fourth-order valence-corrected chi connectivity index (χ4v) is 3.20. The molecule has 0 bridgehead atoms. The van der Waals surface area contributed by atoms with E-state index in [1.165, 1.54) is 20.0 Å². The summed E-state index contributed by atoms with van der Waals surface area (Å²) in [7, 11) is 1.48. The van der Waals surface area contributed by atoms with Crippen LogP contribution in [0.3, 0.4) is 0 Å². The van der Waals surface area contributed by atoms with Crippen molar-refractivity contribution in [2.75, 3.05) is 33.3 Å². The lowest BCUT2D eigenvalue weighted by Crippen LogP contribution is -2.45. The molecule has 2 aromatic rings. The van der Waals surface area contributed by atoms with E-state index in [0.29, 0.717) is 24.1 Å². The highest BCUT2D eigenvalue weighted by atomic mass is 19.1. The molecule has 0 radical (unpaired) electrons. The smallest absolute Gasteiger partial charge is 0.240 e. The normalized spacial score (nSPS) is 19.3. The molecule has 1 saturated heterocycles. The van der Waals surface area contributed by atoms with Crippen molar-refractivity contribution in [2.24, 2.45) is 0 Å². The number of hydrogen-bond acceptors (Lipinski definition) is 6. The number of ether oxygens (including phenoxy) is 1. The quantitative estimate of drug-likeness (QED) is 0.801. The lowest BCUT2D eigenvalue weighted by atomic mass is 10.2. The predicted molar refractivity (Wildman–Crippen MR) is 89.8 cm³/mol. The van der Waals surface area contributed by atoms with Crippen molar-refractivity contribution in [3.8, 4) is 5.75 Å². The Morgan fingerprint density at radius 1 is 1.16 bits per heavy atom. The summed E-state index contributed by atoms with van der Waals surface area (Å²) in [6.45, 7) is 5.24. The van der Waals surface area contributed by atoms with Crippen molar-refractivity contribution in [3.63, 3.8) is 0 Å². The van der Waals surface area contributed by atoms with Crippen LogP contribution < -0.4 is 4.74 Å². The average Bonchev–Trinajstić information content (AvgIpc) is 3.37. The molecular formula is C18H23FN4O2. The minimum Gasteiger partial charge on any atom is -0.494 e. The first-order valence-electron chi connectivity index (χ1n) is 8.81. The standard InChI is InChI=1S/C18H23FN4O2/c1-24-16-5-2-13(10-15(16)19)11-22-6-8-23(9-7-22)12-17-20-18(21-25-17)14-3-4-14/h2,5,10,14H,3-4,6-9,11-12H2,1H3. The van der Waals surface area contributed by atoms with Gasteiger partial charge in [-0.15, -0.1) is 0 Å². The van der Waals surface area contributed by atoms with E-state index < -0.39 is 0 Å². The van der Waals surface area contributed by atoms with E-state index in [2.05, 4.69) is 19.9 Å². The summed E-state index contributed by atoms with van der Waals surface area (Å²) in [6, 6.07) is 5.17. The van der Waals surface area contributed by atoms with Gasteiger partial charge in [-0.1, -0.05) is 11.2 Å². The summed E-state index contributed by atoms with van der Waals surface area (Å²) in [5.74, 6) is 2.10. The fraction of sp³-hybridized carbons (Fsp3) is 0.556. The summed E-state index contributed by atoms with van der Waals surface area (Å²) < 4.78 is 24.1. The molecule has 2 heterocycles. The number of benzene rings is 1. The zero-order valence-electron chi connectivity index (χ0n) is 14.4. The van der Waals surface area contributed by atoms with Gasteiger partial charge in [0.25, 0.3) is 0 Å². The van der Waals surface area contributed by atoms with E-state index in [0.717, 1.165) is 44.1 Å². The van der Waals surface area contributed by atoms with E-state index in [1.54, 1.807) is 12.1 Å². The summed E-state index contributed by atoms with van der Waals surface area (Å²) in [5.41, 5.74) is 0.970. The third-order valence-electron chi connectivity index (χ3n) is 4.87. The van der Waals surface area contributed by atoms with Gasteiger partial charge in [0, 0.05) is 38.6 Å². The fourth-order valence-electron chi connectivity index (χ4n) is 3.20. The zero-order chi connectivity index (χ0) is 17.2. The van der Waals surface area contributed by atoms with Gasteiger partial charge < -0.3 is 9.26 Å². The molecule has 0 unspecified atom stereocenters. The van der Waals surface area contributed by atoms with Gasteiger partial charge in [0.05, 0.1) is 13.7 Å². The molecule has 2 fully saturated rings. The lowest BCUT2D eigenvalue weighted by Gasteiger charge is -2.33. The topological polar surface area (TPSA) is 54.6 Å². The van der Waals surface area contributed by atoms with Crippen LogP contribution in [0.15, 0.2) is 22.7 Å². The molecule has 0 atom stereocenters. The van der Waals surface area contributed by atoms with Gasteiger partial charge in [0.2, 0.25) is 5.89 Å². The van der Waals surface area contributed by atoms with Gasteiger partial charge >= 0.3 is 0 Å². The molecule has 6 nitrogen and oxygen atoms in total. The minimum absolute atomic E-state index is 0.290. The molecule has 1 aromatic heterocycles. The zero-order valence-corrected chi connectivity index (χ0v) is 14.4. The van der Waals surface area contributed by atoms with Crippen molar-refractivity contribution < 1.29 is 13.7 Å². The molecule has 134 valence electrons. The first-order chi connectivity index (χ1) is 12.2. The Bertz CT molecular complexity index is 724. The highest BCUT2D eigenvalue weighted by molar-refractivity contribution is 5.29. The van der Waals surface area contributed by atoms with Crippen LogP contribution in [-0.4, -0.2) is 53.2 Å². The Balaban J connectivity index is 1.26. The van der Waals surface area contributed by atoms with Crippen LogP contribution in [0.1, 0.15) is 36.0 Å². The number of rotatable bonds is 6. The average molecular weight is 346 g/mol. The molecule has 0 N–H and O–H groups in total. The van der Waals surface area contributed by atoms with Gasteiger partial charge in [-0.25, -0.2) is 4.39 Å². The van der Waals surface area contributed by atoms with Gasteiger partial charge in [0.1, 0.15) is 0 Å². The van der Waals surface area contributed by atoms with Crippen LogP contribution in [0, 0.1) is 5.82 Å². The molecule has 2 aliphatic rings. The third kappa shape index (κ3) is 3.99. The van der Waals surface area contributed by atoms with Crippen molar-refractivity contribution >= 4 is 0 Å². The van der Waals surface area contributed by atoms with Crippen molar-refractivity contribution in [1.29, 1.82) is 0 Å². The van der Waals surface area contributed by atoms with Crippen molar-refractivity contribution in [1.82, 2.24) is 19.9 Å². The van der Waals surface area contributed by atoms with Crippen LogP contribution in [0.4, 0.5) is 4.39 Å². The highest BCUT2D eigenvalue weighted by Crippen LogP contribution is 2.38. The van der Waals surface area contributed by atoms with E-state index in [-0.39, 0.29) is 5.82 Å². The summed E-state index contributed by atoms with van der Waals surface area (Å²) in [6.07, 6.45) is 2.37. The Kier molecular flexibility index (Phi) is 4.67. The number of nitrogens with zero attached hydrogens (tertiary/aromatic N) is 4. The maximum Gasteiger partial charge on any atom is 0.240 e. The van der Waals surface area contributed by atoms with Gasteiger partial charge in [-0.3, -0.25) is 9.80 Å². The van der Waals surface area contributed by atoms with Crippen LogP contribution in [0.5, 0.6) is 5.75 Å². The van der Waals surface area contributed by atoms with E-state index in [9.17, 15) is 4.39 Å². The highest BCUT2D eigenvalue weighted by Gasteiger charge is 2.29. The Morgan fingerprint density at radius 2 is 1.88 bits per heavy atom. The molecule has 1 saturated carbocycles. The van der Waals surface area contributed by atoms with Gasteiger partial charge in [0.15, 0.2) is 17.4 Å². The molecule has 25 heavy (non-hydrogen) atoms. The number of piperazine rings is 1. The maximum absolute atomic E-state index is 13.8. The molecule has 7 heteroatoms. The second kappa shape index (κ2) is 7.09. The largest absolute Gasteiger partial charge is 0.494 e. The molecule has 1 aromatic carbocycles. The van der Waals surface area contributed by atoms with E-state index >= 15 is 0 Å². The van der Waals surface area contributed by atoms with Crippen LogP contribution in [0.2, 0.25) is 0 Å². The molecule has 4 rings (SSSR count). The van der Waals surface area contributed by atoms with E-state index in [4.69, 9.17) is 9.26 Å². The van der Waals surface area contributed by atoms with Crippen LogP contribution in [0.25, 0.3) is 0 Å². The first-order valence-corrected chi connectivity index (χ1v) is 8.81. The SMILES string of the molecule is COc1ccc(CN2CCN(Cc3nc(C4CC4)no3)CC2)cc1F. The predicted octanol–water partition coefficient (Wildman–Crippen LogP) is 2.41. The monoisotopic (exact) mass is 346 g/mol. The maximum atomic E-state index is 13.8. The molecular weight excluding hydrogens is 323 g/mol. The minimum atomic E-state index is -0.304. The second-order valence-corrected chi connectivity index (χ2v) is 6.84. The summed E-state index contributed by atoms with van der Waals surface area (Å²) in [5, 5.41) is 4.07. The number of methoxy groups -OCH3 is 1. The molecule has 0 spiro atoms. The second-order valence-electron chi connectivity index (χ2n) is 6.84. The number of halogens is 1. The Morgan fingerprint density at radius 3 is 2.52 bits per heavy atom. The Labute approximate surface area is 146 Å². The molecule has 1 aliphatic carbocycles. The summed E-state index contributed by atoms with van der Waals surface area (Å²) >= 11 is 0. The van der Waals surface area contributed by atoms with Crippen molar-refractivity contribution in [2.45, 2.75) is 31.8 Å². The first kappa shape index (κ1) is 16.5. The molecule has 0 amide bonds.